The van der Waals surface area contributed by atoms with E-state index in [1.807, 2.05) is 47.4 Å². The van der Waals surface area contributed by atoms with Crippen LogP contribution in [0.1, 0.15) is 0 Å². The number of thioether (sulfide) groups is 1. The number of hydrogen-bond acceptors (Lipinski definition) is 5. The molecule has 0 saturated carbocycles. The van der Waals surface area contributed by atoms with Crippen LogP contribution in [-0.2, 0) is 9.59 Å². The van der Waals surface area contributed by atoms with Gasteiger partial charge in [-0.15, -0.1) is 11.8 Å². The Labute approximate surface area is 182 Å². The van der Waals surface area contributed by atoms with Crippen LogP contribution in [0.15, 0.2) is 57.9 Å². The molecule has 0 bridgehead atoms. The minimum atomic E-state index is -0.639. The van der Waals surface area contributed by atoms with E-state index in [0.717, 1.165) is 9.37 Å². The zero-order chi connectivity index (χ0) is 20.2. The lowest BCUT2D eigenvalue weighted by molar-refractivity contribution is -0.145. The molecule has 1 atom stereocenters. The lowest BCUT2D eigenvalue weighted by atomic mass is 10.2. The Morgan fingerprint density at radius 1 is 0.966 bits per heavy atom. The molecule has 6 nitrogen and oxygen atoms in total. The van der Waals surface area contributed by atoms with Crippen LogP contribution in [0.3, 0.4) is 0 Å². The Morgan fingerprint density at radius 2 is 1.62 bits per heavy atom. The molecule has 0 N–H and O–H groups in total. The molecule has 0 radical (unpaired) electrons. The summed E-state index contributed by atoms with van der Waals surface area (Å²) in [5.74, 6) is 1.66. The van der Waals surface area contributed by atoms with Crippen molar-refractivity contribution in [1.29, 1.82) is 0 Å². The first-order valence-electron chi connectivity index (χ1n) is 9.43. The summed E-state index contributed by atoms with van der Waals surface area (Å²) in [5, 5.41) is 0. The maximum Gasteiger partial charge on any atom is 0.267 e. The molecule has 0 unspecified atom stereocenters. The summed E-state index contributed by atoms with van der Waals surface area (Å²) in [6.07, 6.45) is -0.639. The van der Waals surface area contributed by atoms with E-state index in [1.165, 1.54) is 11.8 Å². The van der Waals surface area contributed by atoms with E-state index in [-0.39, 0.29) is 18.4 Å². The first kappa shape index (κ1) is 20.1. The Hall–Kier alpha value is -2.19. The van der Waals surface area contributed by atoms with Gasteiger partial charge in [0.05, 0.1) is 5.75 Å². The second kappa shape index (κ2) is 9.09. The maximum absolute atomic E-state index is 12.8. The van der Waals surface area contributed by atoms with Crippen LogP contribution >= 0.6 is 27.7 Å². The number of halogens is 1. The molecule has 29 heavy (non-hydrogen) atoms. The number of para-hydroxylation sites is 2. The van der Waals surface area contributed by atoms with Crippen LogP contribution in [0.2, 0.25) is 0 Å². The molecule has 2 heterocycles. The van der Waals surface area contributed by atoms with E-state index in [2.05, 4.69) is 15.9 Å². The van der Waals surface area contributed by atoms with Gasteiger partial charge in [0.15, 0.2) is 11.5 Å². The molecular weight excluding hydrogens is 456 g/mol. The fourth-order valence-electron chi connectivity index (χ4n) is 3.29. The number of ether oxygens (including phenoxy) is 2. The fourth-order valence-corrected chi connectivity index (χ4v) is 4.35. The van der Waals surface area contributed by atoms with E-state index < -0.39 is 6.10 Å². The number of amides is 2. The van der Waals surface area contributed by atoms with Crippen LogP contribution in [0.5, 0.6) is 11.5 Å². The van der Waals surface area contributed by atoms with Crippen molar-refractivity contribution in [2.24, 2.45) is 0 Å². The first-order valence-corrected chi connectivity index (χ1v) is 11.2. The van der Waals surface area contributed by atoms with Gasteiger partial charge in [-0.1, -0.05) is 28.1 Å². The molecule has 2 aliphatic heterocycles. The highest BCUT2D eigenvalue weighted by Crippen LogP contribution is 2.31. The SMILES string of the molecule is O=C(CSc1ccc(Br)cc1)N1CCN(C(=O)[C@H]2COc3ccccc3O2)CC1. The van der Waals surface area contributed by atoms with Crippen molar-refractivity contribution in [3.05, 3.63) is 53.0 Å². The van der Waals surface area contributed by atoms with E-state index in [9.17, 15) is 9.59 Å². The van der Waals surface area contributed by atoms with Gasteiger partial charge >= 0.3 is 0 Å². The van der Waals surface area contributed by atoms with E-state index in [4.69, 9.17) is 9.47 Å². The van der Waals surface area contributed by atoms with Crippen molar-refractivity contribution in [3.63, 3.8) is 0 Å². The maximum atomic E-state index is 12.8. The topological polar surface area (TPSA) is 59.1 Å². The van der Waals surface area contributed by atoms with Crippen LogP contribution in [0.25, 0.3) is 0 Å². The monoisotopic (exact) mass is 476 g/mol. The Balaban J connectivity index is 1.25. The molecule has 152 valence electrons. The molecular formula is C21H21BrN2O4S. The minimum Gasteiger partial charge on any atom is -0.485 e. The largest absolute Gasteiger partial charge is 0.485 e. The van der Waals surface area contributed by atoms with Crippen molar-refractivity contribution < 1.29 is 19.1 Å². The van der Waals surface area contributed by atoms with E-state index >= 15 is 0 Å². The van der Waals surface area contributed by atoms with Gasteiger partial charge in [-0.05, 0) is 36.4 Å². The highest BCUT2D eigenvalue weighted by atomic mass is 79.9. The smallest absolute Gasteiger partial charge is 0.267 e. The predicted octanol–water partition coefficient (Wildman–Crippen LogP) is 3.05. The van der Waals surface area contributed by atoms with Crippen molar-refractivity contribution in [3.8, 4) is 11.5 Å². The number of piperazine rings is 1. The van der Waals surface area contributed by atoms with E-state index in [1.54, 1.807) is 11.0 Å². The van der Waals surface area contributed by atoms with Crippen LogP contribution in [-0.4, -0.2) is 66.3 Å². The summed E-state index contributed by atoms with van der Waals surface area (Å²) in [6.45, 7) is 2.30. The number of rotatable bonds is 4. The lowest BCUT2D eigenvalue weighted by Gasteiger charge is -2.37. The highest BCUT2D eigenvalue weighted by molar-refractivity contribution is 9.10. The van der Waals surface area contributed by atoms with Gasteiger partial charge in [0.25, 0.3) is 5.91 Å². The van der Waals surface area contributed by atoms with Crippen molar-refractivity contribution in [1.82, 2.24) is 9.80 Å². The number of carbonyl (C=O) groups is 2. The fraction of sp³-hybridized carbons (Fsp3) is 0.333. The number of benzene rings is 2. The number of nitrogens with zero attached hydrogens (tertiary/aromatic N) is 2. The van der Waals surface area contributed by atoms with Gasteiger partial charge in [-0.2, -0.15) is 0 Å². The molecule has 0 aromatic heterocycles. The molecule has 1 saturated heterocycles. The molecule has 2 aliphatic rings. The summed E-state index contributed by atoms with van der Waals surface area (Å²) in [6, 6.07) is 15.3. The van der Waals surface area contributed by atoms with Gasteiger partial charge in [0, 0.05) is 35.5 Å². The molecule has 4 rings (SSSR count). The summed E-state index contributed by atoms with van der Waals surface area (Å²) in [7, 11) is 0. The predicted molar refractivity (Wildman–Crippen MR) is 114 cm³/mol. The summed E-state index contributed by atoms with van der Waals surface area (Å²) in [5.41, 5.74) is 0. The second-order valence-corrected chi connectivity index (χ2v) is 8.78. The quantitative estimate of drug-likeness (QED) is 0.634. The average Bonchev–Trinajstić information content (AvgIpc) is 2.78. The van der Waals surface area contributed by atoms with Gasteiger partial charge < -0.3 is 19.3 Å². The van der Waals surface area contributed by atoms with Gasteiger partial charge in [0.1, 0.15) is 6.61 Å². The Morgan fingerprint density at radius 3 is 2.34 bits per heavy atom. The lowest BCUT2D eigenvalue weighted by Crippen LogP contribution is -2.55. The molecule has 2 amide bonds. The standard InChI is InChI=1S/C21H21BrN2O4S/c22-15-5-7-16(8-6-15)29-14-20(25)23-9-11-24(12-10-23)21(26)19-13-27-17-3-1-2-4-18(17)28-19/h1-8,19H,9-14H2/t19-/m1/s1. The number of hydrogen-bond donors (Lipinski definition) is 0. The van der Waals surface area contributed by atoms with Crippen LogP contribution in [0.4, 0.5) is 0 Å². The third-order valence-corrected chi connectivity index (χ3v) is 6.43. The molecule has 0 aliphatic carbocycles. The Kier molecular flexibility index (Phi) is 6.30. The van der Waals surface area contributed by atoms with Gasteiger partial charge in [0.2, 0.25) is 12.0 Å². The molecule has 2 aromatic carbocycles. The van der Waals surface area contributed by atoms with Crippen LogP contribution in [0, 0.1) is 0 Å². The normalized spacial score (nSPS) is 18.4. The highest BCUT2D eigenvalue weighted by Gasteiger charge is 2.33. The molecule has 8 heteroatoms. The number of carbonyl (C=O) groups excluding carboxylic acids is 2. The summed E-state index contributed by atoms with van der Waals surface area (Å²) >= 11 is 4.93. The molecule has 2 aromatic rings. The average molecular weight is 477 g/mol. The van der Waals surface area contributed by atoms with Crippen LogP contribution < -0.4 is 9.47 Å². The number of fused-ring (bicyclic) bond motifs is 1. The molecule has 0 spiro atoms. The summed E-state index contributed by atoms with van der Waals surface area (Å²) < 4.78 is 12.5. The van der Waals surface area contributed by atoms with Crippen molar-refractivity contribution >= 4 is 39.5 Å². The van der Waals surface area contributed by atoms with E-state index in [0.29, 0.717) is 43.4 Å². The third-order valence-electron chi connectivity index (χ3n) is 4.90. The van der Waals surface area contributed by atoms with Crippen molar-refractivity contribution in [2.75, 3.05) is 38.5 Å². The van der Waals surface area contributed by atoms with Crippen molar-refractivity contribution in [2.45, 2.75) is 11.0 Å². The third kappa shape index (κ3) is 4.87. The molecule has 1 fully saturated rings. The first-order chi connectivity index (χ1) is 14.1. The second-order valence-electron chi connectivity index (χ2n) is 6.81. The van der Waals surface area contributed by atoms with Gasteiger partial charge in [-0.25, -0.2) is 0 Å². The Bertz CT molecular complexity index is 885. The zero-order valence-corrected chi connectivity index (χ0v) is 18.2. The minimum absolute atomic E-state index is 0.0872. The van der Waals surface area contributed by atoms with Gasteiger partial charge in [-0.3, -0.25) is 9.59 Å². The zero-order valence-electron chi connectivity index (χ0n) is 15.8. The summed E-state index contributed by atoms with van der Waals surface area (Å²) in [4.78, 5) is 29.9.